The molecule has 1 aromatic heterocycles. The molecule has 0 saturated carbocycles. The molecule has 1 aromatic carbocycles. The Morgan fingerprint density at radius 1 is 1.31 bits per heavy atom. The van der Waals surface area contributed by atoms with Crippen LogP contribution in [0, 0.1) is 0 Å². The van der Waals surface area contributed by atoms with E-state index in [1.165, 1.54) is 0 Å². The fraction of sp³-hybridized carbons (Fsp3) is 0.500. The number of hydrogen-bond acceptors (Lipinski definition) is 5. The smallest absolute Gasteiger partial charge is 0.241 e. The number of ether oxygens (including phenoxy) is 1. The molecule has 29 heavy (non-hydrogen) atoms. The van der Waals surface area contributed by atoms with Crippen LogP contribution in [0.1, 0.15) is 30.1 Å². The largest absolute Gasteiger partial charge is 0.497 e. The summed E-state index contributed by atoms with van der Waals surface area (Å²) in [6.45, 7) is 2.44. The van der Waals surface area contributed by atoms with Crippen molar-refractivity contribution in [1.29, 1.82) is 0 Å². The zero-order valence-corrected chi connectivity index (χ0v) is 17.3. The number of likely N-dealkylation sites (tertiary alicyclic amines) is 1. The molecule has 0 atom stereocenters. The van der Waals surface area contributed by atoms with Crippen LogP contribution in [0.25, 0.3) is 0 Å². The Kier molecular flexibility index (Phi) is 7.04. The summed E-state index contributed by atoms with van der Waals surface area (Å²) in [4.78, 5) is 24.9. The quantitative estimate of drug-likeness (QED) is 0.560. The van der Waals surface area contributed by atoms with Crippen LogP contribution in [0.15, 0.2) is 35.6 Å². The van der Waals surface area contributed by atoms with Crippen molar-refractivity contribution < 1.29 is 9.53 Å². The molecule has 1 amide bonds. The van der Waals surface area contributed by atoms with Gasteiger partial charge in [-0.05, 0) is 30.5 Å². The number of carbonyl (C=O) groups is 1. The second kappa shape index (κ2) is 9.90. The van der Waals surface area contributed by atoms with E-state index >= 15 is 0 Å². The molecule has 1 aliphatic heterocycles. The number of aromatic nitrogens is 3. The van der Waals surface area contributed by atoms with Crippen molar-refractivity contribution >= 4 is 11.9 Å². The zero-order valence-electron chi connectivity index (χ0n) is 17.3. The molecular formula is C20H29N7O2. The van der Waals surface area contributed by atoms with Crippen LogP contribution < -0.4 is 10.1 Å². The Morgan fingerprint density at radius 2 is 2.03 bits per heavy atom. The molecule has 156 valence electrons. The number of H-pyrrole nitrogens is 1. The third-order valence-electron chi connectivity index (χ3n) is 5.08. The highest BCUT2D eigenvalue weighted by Gasteiger charge is 2.24. The Morgan fingerprint density at radius 3 is 2.62 bits per heavy atom. The van der Waals surface area contributed by atoms with Gasteiger partial charge in [-0.1, -0.05) is 12.1 Å². The van der Waals surface area contributed by atoms with Gasteiger partial charge in [0.25, 0.3) is 0 Å². The minimum Gasteiger partial charge on any atom is -0.497 e. The molecule has 0 spiro atoms. The summed E-state index contributed by atoms with van der Waals surface area (Å²) < 4.78 is 5.21. The van der Waals surface area contributed by atoms with Gasteiger partial charge in [-0.25, -0.2) is 9.98 Å². The lowest BCUT2D eigenvalue weighted by Crippen LogP contribution is -2.48. The number of benzene rings is 1. The van der Waals surface area contributed by atoms with Crippen LogP contribution in [0.3, 0.4) is 0 Å². The number of piperidine rings is 1. The minimum absolute atomic E-state index is 0.0127. The number of likely N-dealkylation sites (N-methyl/N-ethyl adjacent to an activating group) is 1. The number of aromatic amines is 1. The summed E-state index contributed by atoms with van der Waals surface area (Å²) in [5.41, 5.74) is 1.08. The van der Waals surface area contributed by atoms with E-state index in [-0.39, 0.29) is 12.5 Å². The van der Waals surface area contributed by atoms with E-state index in [2.05, 4.69) is 25.4 Å². The summed E-state index contributed by atoms with van der Waals surface area (Å²) in [7, 11) is 5.15. The molecule has 0 unspecified atom stereocenters. The lowest BCUT2D eigenvalue weighted by molar-refractivity contribution is -0.127. The van der Waals surface area contributed by atoms with Crippen molar-refractivity contribution in [2.45, 2.75) is 25.3 Å². The number of nitrogens with zero attached hydrogens (tertiary/aromatic N) is 5. The number of aliphatic imine (C=N–C) groups is 1. The molecule has 1 aliphatic rings. The molecule has 3 rings (SSSR count). The molecule has 0 radical (unpaired) electrons. The maximum absolute atomic E-state index is 12.0. The summed E-state index contributed by atoms with van der Waals surface area (Å²) in [5.74, 6) is 2.91. The molecule has 0 bridgehead atoms. The van der Waals surface area contributed by atoms with Crippen LogP contribution in [0.4, 0.5) is 0 Å². The number of guanidine groups is 1. The predicted molar refractivity (Wildman–Crippen MR) is 111 cm³/mol. The lowest BCUT2D eigenvalue weighted by Gasteiger charge is -2.33. The highest BCUT2D eigenvalue weighted by Crippen LogP contribution is 2.25. The van der Waals surface area contributed by atoms with E-state index < -0.39 is 0 Å². The van der Waals surface area contributed by atoms with E-state index in [0.717, 1.165) is 49.0 Å². The van der Waals surface area contributed by atoms with Gasteiger partial charge >= 0.3 is 0 Å². The highest BCUT2D eigenvalue weighted by atomic mass is 16.5. The third kappa shape index (κ3) is 5.69. The number of amides is 1. The molecule has 1 fully saturated rings. The first-order valence-corrected chi connectivity index (χ1v) is 9.78. The van der Waals surface area contributed by atoms with Gasteiger partial charge in [0.2, 0.25) is 5.91 Å². The lowest BCUT2D eigenvalue weighted by atomic mass is 9.96. The van der Waals surface area contributed by atoms with E-state index in [4.69, 9.17) is 9.73 Å². The van der Waals surface area contributed by atoms with Crippen molar-refractivity contribution in [1.82, 2.24) is 30.3 Å². The normalized spacial score (nSPS) is 15.3. The summed E-state index contributed by atoms with van der Waals surface area (Å²) in [5, 5.41) is 10.2. The molecule has 0 aliphatic carbocycles. The monoisotopic (exact) mass is 399 g/mol. The first kappa shape index (κ1) is 20.6. The number of methoxy groups -OCH3 is 1. The first-order chi connectivity index (χ1) is 14.1. The Balaban J connectivity index is 1.65. The summed E-state index contributed by atoms with van der Waals surface area (Å²) in [6, 6.07) is 7.86. The number of nitrogens with one attached hydrogen (secondary N) is 2. The fourth-order valence-electron chi connectivity index (χ4n) is 3.25. The second-order valence-corrected chi connectivity index (χ2v) is 7.26. The standard InChI is InChI=1S/C20H29N7O2/c1-26(2)18(28)13-22-20(21-12-15-4-6-17(29-3)7-5-15)27-10-8-16(9-11-27)19-23-14-24-25-19/h4-7,14,16H,8-13H2,1-3H3,(H,21,22)(H,23,24,25). The van der Waals surface area contributed by atoms with Crippen molar-refractivity contribution in [3.8, 4) is 5.75 Å². The topological polar surface area (TPSA) is 98.7 Å². The highest BCUT2D eigenvalue weighted by molar-refractivity contribution is 5.86. The third-order valence-corrected chi connectivity index (χ3v) is 5.08. The van der Waals surface area contributed by atoms with E-state index in [0.29, 0.717) is 12.5 Å². The van der Waals surface area contributed by atoms with Crippen LogP contribution in [0.5, 0.6) is 5.75 Å². The number of hydrogen-bond donors (Lipinski definition) is 2. The van der Waals surface area contributed by atoms with E-state index in [1.54, 1.807) is 32.4 Å². The number of carbonyl (C=O) groups excluding carboxylic acids is 1. The van der Waals surface area contributed by atoms with Gasteiger partial charge in [-0.15, -0.1) is 0 Å². The maximum Gasteiger partial charge on any atom is 0.241 e. The van der Waals surface area contributed by atoms with E-state index in [9.17, 15) is 4.79 Å². The van der Waals surface area contributed by atoms with Gasteiger partial charge in [-0.3, -0.25) is 9.89 Å². The van der Waals surface area contributed by atoms with Crippen molar-refractivity contribution in [2.75, 3.05) is 40.8 Å². The zero-order chi connectivity index (χ0) is 20.6. The fourth-order valence-corrected chi connectivity index (χ4v) is 3.25. The summed E-state index contributed by atoms with van der Waals surface area (Å²) in [6.07, 6.45) is 3.47. The van der Waals surface area contributed by atoms with Crippen molar-refractivity contribution in [3.63, 3.8) is 0 Å². The summed E-state index contributed by atoms with van der Waals surface area (Å²) >= 11 is 0. The van der Waals surface area contributed by atoms with Gasteiger partial charge in [0.05, 0.1) is 20.2 Å². The van der Waals surface area contributed by atoms with Crippen LogP contribution >= 0.6 is 0 Å². The average molecular weight is 399 g/mol. The molecule has 9 nitrogen and oxygen atoms in total. The molecular weight excluding hydrogens is 370 g/mol. The van der Waals surface area contributed by atoms with Gasteiger partial charge in [0, 0.05) is 33.1 Å². The second-order valence-electron chi connectivity index (χ2n) is 7.26. The molecule has 2 heterocycles. The molecule has 2 N–H and O–H groups in total. The van der Waals surface area contributed by atoms with Gasteiger partial charge in [-0.2, -0.15) is 5.10 Å². The van der Waals surface area contributed by atoms with Crippen LogP contribution in [-0.2, 0) is 11.3 Å². The molecule has 2 aromatic rings. The van der Waals surface area contributed by atoms with Crippen LogP contribution in [0.2, 0.25) is 0 Å². The van der Waals surface area contributed by atoms with Crippen LogP contribution in [-0.4, -0.2) is 77.7 Å². The predicted octanol–water partition coefficient (Wildman–Crippen LogP) is 1.23. The Bertz CT molecular complexity index is 795. The SMILES string of the molecule is COc1ccc(CN=C(NCC(=O)N(C)C)N2CCC(c3ncn[nH]3)CC2)cc1. The minimum atomic E-state index is 0.0127. The Labute approximate surface area is 171 Å². The van der Waals surface area contributed by atoms with E-state index in [1.807, 2.05) is 24.3 Å². The van der Waals surface area contributed by atoms with Gasteiger partial charge in [0.1, 0.15) is 17.9 Å². The van der Waals surface area contributed by atoms with Gasteiger partial charge < -0.3 is 19.9 Å². The van der Waals surface area contributed by atoms with Gasteiger partial charge in [0.15, 0.2) is 5.96 Å². The average Bonchev–Trinajstić information content (AvgIpc) is 3.29. The first-order valence-electron chi connectivity index (χ1n) is 9.78. The van der Waals surface area contributed by atoms with Crippen molar-refractivity contribution in [3.05, 3.63) is 42.0 Å². The van der Waals surface area contributed by atoms with Crippen molar-refractivity contribution in [2.24, 2.45) is 4.99 Å². The molecule has 9 heteroatoms. The number of rotatable bonds is 6. The molecule has 1 saturated heterocycles. The Hall–Kier alpha value is -3.10. The maximum atomic E-state index is 12.0.